The molecule has 0 radical (unpaired) electrons. The second-order valence-corrected chi connectivity index (χ2v) is 4.53. The summed E-state index contributed by atoms with van der Waals surface area (Å²) in [6.45, 7) is 4.33. The van der Waals surface area contributed by atoms with Crippen LogP contribution >= 0.6 is 0 Å². The summed E-state index contributed by atoms with van der Waals surface area (Å²) < 4.78 is 0. The average molecular weight is 164 g/mol. The van der Waals surface area contributed by atoms with Crippen LogP contribution in [0, 0.1) is 11.3 Å². The summed E-state index contributed by atoms with van der Waals surface area (Å²) in [5.74, 6) is 1.14. The third-order valence-electron chi connectivity index (χ3n) is 3.70. The third kappa shape index (κ3) is 0.954. The lowest BCUT2D eigenvalue weighted by Crippen LogP contribution is -2.30. The molecule has 2 aliphatic carbocycles. The molecule has 0 bridgehead atoms. The van der Waals surface area contributed by atoms with Gasteiger partial charge in [-0.1, -0.05) is 18.6 Å². The number of allylic oxidation sites excluding steroid dienone is 2. The van der Waals surface area contributed by atoms with E-state index in [1.165, 1.54) is 5.57 Å². The van der Waals surface area contributed by atoms with E-state index in [-0.39, 0.29) is 5.41 Å². The molecule has 0 N–H and O–H groups in total. The topological polar surface area (TPSA) is 17.1 Å². The van der Waals surface area contributed by atoms with Gasteiger partial charge in [-0.25, -0.2) is 0 Å². The van der Waals surface area contributed by atoms with E-state index in [1.54, 1.807) is 0 Å². The Hall–Kier alpha value is -0.590. The molecule has 66 valence electrons. The highest BCUT2D eigenvalue weighted by atomic mass is 16.1. The third-order valence-corrected chi connectivity index (χ3v) is 3.70. The normalized spacial score (nSPS) is 41.0. The van der Waals surface area contributed by atoms with Gasteiger partial charge in [-0.3, -0.25) is 4.79 Å². The zero-order valence-electron chi connectivity index (χ0n) is 7.89. The molecule has 1 heteroatoms. The predicted octanol–water partition coefficient (Wildman–Crippen LogP) is 2.71. The monoisotopic (exact) mass is 164 g/mol. The van der Waals surface area contributed by atoms with E-state index in [1.807, 2.05) is 0 Å². The van der Waals surface area contributed by atoms with Crippen molar-refractivity contribution >= 4 is 5.78 Å². The van der Waals surface area contributed by atoms with Gasteiger partial charge in [-0.15, -0.1) is 0 Å². The van der Waals surface area contributed by atoms with Crippen molar-refractivity contribution in [2.75, 3.05) is 0 Å². The van der Waals surface area contributed by atoms with E-state index in [2.05, 4.69) is 19.9 Å². The molecule has 0 spiro atoms. The largest absolute Gasteiger partial charge is 0.299 e. The lowest BCUT2D eigenvalue weighted by atomic mass is 9.70. The van der Waals surface area contributed by atoms with Crippen molar-refractivity contribution in [2.45, 2.75) is 39.5 Å². The molecule has 1 nitrogen and oxygen atoms in total. The number of Topliss-reactive ketones (excluding diaryl/α,β-unsaturated/α-hetero) is 1. The fourth-order valence-corrected chi connectivity index (χ4v) is 2.60. The summed E-state index contributed by atoms with van der Waals surface area (Å²) in [4.78, 5) is 11.6. The van der Waals surface area contributed by atoms with E-state index in [4.69, 9.17) is 0 Å². The van der Waals surface area contributed by atoms with Gasteiger partial charge < -0.3 is 0 Å². The highest BCUT2D eigenvalue weighted by molar-refractivity contribution is 5.87. The summed E-state index contributed by atoms with van der Waals surface area (Å²) in [5, 5.41) is 0. The van der Waals surface area contributed by atoms with Crippen LogP contribution in [0.1, 0.15) is 39.5 Å². The minimum absolute atomic E-state index is 0.0134. The molecule has 0 aromatic carbocycles. The fourth-order valence-electron chi connectivity index (χ4n) is 2.60. The van der Waals surface area contributed by atoms with Crippen LogP contribution in [-0.2, 0) is 4.79 Å². The molecule has 12 heavy (non-hydrogen) atoms. The van der Waals surface area contributed by atoms with Crippen molar-refractivity contribution in [1.29, 1.82) is 0 Å². The van der Waals surface area contributed by atoms with Crippen molar-refractivity contribution in [2.24, 2.45) is 11.3 Å². The molecular formula is C11H16O. The van der Waals surface area contributed by atoms with Crippen LogP contribution in [0.25, 0.3) is 0 Å². The Morgan fingerprint density at radius 1 is 1.58 bits per heavy atom. The van der Waals surface area contributed by atoms with Gasteiger partial charge in [0.2, 0.25) is 0 Å². The Kier molecular flexibility index (Phi) is 1.64. The summed E-state index contributed by atoms with van der Waals surface area (Å²) in [6.07, 6.45) is 6.34. The first kappa shape index (κ1) is 8.03. The van der Waals surface area contributed by atoms with Crippen molar-refractivity contribution in [3.05, 3.63) is 11.6 Å². The highest BCUT2D eigenvalue weighted by Gasteiger charge is 2.46. The quantitative estimate of drug-likeness (QED) is 0.503. The molecule has 1 fully saturated rings. The Labute approximate surface area is 73.8 Å². The van der Waals surface area contributed by atoms with Crippen LogP contribution in [0.5, 0.6) is 0 Å². The zero-order valence-corrected chi connectivity index (χ0v) is 7.89. The molecule has 0 aromatic heterocycles. The second kappa shape index (κ2) is 2.45. The van der Waals surface area contributed by atoms with Crippen molar-refractivity contribution < 1.29 is 4.79 Å². The molecule has 0 saturated heterocycles. The minimum atomic E-state index is 0.0134. The molecular weight excluding hydrogens is 148 g/mol. The van der Waals surface area contributed by atoms with E-state index < -0.39 is 0 Å². The second-order valence-electron chi connectivity index (χ2n) is 4.53. The highest BCUT2D eigenvalue weighted by Crippen LogP contribution is 2.48. The molecule has 0 heterocycles. The Morgan fingerprint density at radius 3 is 3.08 bits per heavy atom. The summed E-state index contributed by atoms with van der Waals surface area (Å²) in [6, 6.07) is 0. The number of rotatable bonds is 0. The lowest BCUT2D eigenvalue weighted by Gasteiger charge is -2.33. The number of fused-ring (bicyclic) bond motifs is 1. The van der Waals surface area contributed by atoms with Crippen LogP contribution in [0.4, 0.5) is 0 Å². The van der Waals surface area contributed by atoms with Crippen LogP contribution < -0.4 is 0 Å². The van der Waals surface area contributed by atoms with Crippen LogP contribution in [0.3, 0.4) is 0 Å². The predicted molar refractivity (Wildman–Crippen MR) is 48.8 cm³/mol. The molecule has 0 unspecified atom stereocenters. The van der Waals surface area contributed by atoms with Gasteiger partial charge >= 0.3 is 0 Å². The lowest BCUT2D eigenvalue weighted by molar-refractivity contribution is -0.126. The number of hydrogen-bond acceptors (Lipinski definition) is 1. The van der Waals surface area contributed by atoms with Crippen molar-refractivity contribution in [1.82, 2.24) is 0 Å². The standard InChI is InChI=1S/C11H16O/c1-8-5-6-11(2)9(7-8)3-4-10(11)12/h5,9H,3-4,6-7H2,1-2H3/t9-,11+/m0/s1. The van der Waals surface area contributed by atoms with E-state index in [9.17, 15) is 4.79 Å². The van der Waals surface area contributed by atoms with Gasteiger partial charge in [0.05, 0.1) is 0 Å². The molecule has 0 aliphatic heterocycles. The number of carbonyl (C=O) groups excluding carboxylic acids is 1. The van der Waals surface area contributed by atoms with Gasteiger partial charge in [0.1, 0.15) is 5.78 Å². The first-order valence-electron chi connectivity index (χ1n) is 4.82. The molecule has 1 saturated carbocycles. The molecule has 2 atom stereocenters. The SMILES string of the molecule is CC1=CC[C@@]2(C)C(=O)CC[C@H]2C1. The van der Waals surface area contributed by atoms with E-state index in [0.29, 0.717) is 11.7 Å². The minimum Gasteiger partial charge on any atom is -0.299 e. The maximum absolute atomic E-state index is 11.6. The summed E-state index contributed by atoms with van der Waals surface area (Å²) in [5.41, 5.74) is 1.49. The van der Waals surface area contributed by atoms with Gasteiger partial charge in [0, 0.05) is 11.8 Å². The smallest absolute Gasteiger partial charge is 0.139 e. The zero-order chi connectivity index (χ0) is 8.77. The van der Waals surface area contributed by atoms with Gasteiger partial charge in [0.15, 0.2) is 0 Å². The maximum atomic E-state index is 11.6. The van der Waals surface area contributed by atoms with Crippen LogP contribution in [0.15, 0.2) is 11.6 Å². The molecule has 0 aromatic rings. The maximum Gasteiger partial charge on any atom is 0.139 e. The van der Waals surface area contributed by atoms with E-state index >= 15 is 0 Å². The fraction of sp³-hybridized carbons (Fsp3) is 0.727. The van der Waals surface area contributed by atoms with Gasteiger partial charge in [0.25, 0.3) is 0 Å². The molecule has 2 rings (SSSR count). The molecule has 2 aliphatic rings. The Bertz CT molecular complexity index is 252. The first-order valence-corrected chi connectivity index (χ1v) is 4.82. The van der Waals surface area contributed by atoms with Crippen LogP contribution in [0.2, 0.25) is 0 Å². The average Bonchev–Trinajstić information content (AvgIpc) is 2.31. The van der Waals surface area contributed by atoms with E-state index in [0.717, 1.165) is 25.7 Å². The number of carbonyl (C=O) groups is 1. The molecule has 0 amide bonds. The van der Waals surface area contributed by atoms with Crippen LogP contribution in [-0.4, -0.2) is 5.78 Å². The summed E-state index contributed by atoms with van der Waals surface area (Å²) >= 11 is 0. The van der Waals surface area contributed by atoms with Gasteiger partial charge in [-0.05, 0) is 32.1 Å². The van der Waals surface area contributed by atoms with Gasteiger partial charge in [-0.2, -0.15) is 0 Å². The number of ketones is 1. The van der Waals surface area contributed by atoms with Crippen molar-refractivity contribution in [3.8, 4) is 0 Å². The Balaban J connectivity index is 2.30. The first-order chi connectivity index (χ1) is 5.63. The van der Waals surface area contributed by atoms with Crippen molar-refractivity contribution in [3.63, 3.8) is 0 Å². The number of hydrogen-bond donors (Lipinski definition) is 0. The Morgan fingerprint density at radius 2 is 2.33 bits per heavy atom. The summed E-state index contributed by atoms with van der Waals surface area (Å²) in [7, 11) is 0.